The van der Waals surface area contributed by atoms with E-state index in [0.29, 0.717) is 12.2 Å². The highest BCUT2D eigenvalue weighted by atomic mass is 16.1. The average Bonchev–Trinajstić information content (AvgIpc) is 2.20. The van der Waals surface area contributed by atoms with Crippen molar-refractivity contribution in [3.05, 3.63) is 40.8 Å². The van der Waals surface area contributed by atoms with Crippen molar-refractivity contribution in [2.24, 2.45) is 4.99 Å². The Bertz CT molecular complexity index is 483. The third kappa shape index (κ3) is 1.54. The Morgan fingerprint density at radius 3 is 2.79 bits per heavy atom. The lowest BCUT2D eigenvalue weighted by atomic mass is 10.2. The summed E-state index contributed by atoms with van der Waals surface area (Å²) in [5, 5.41) is 0. The van der Waals surface area contributed by atoms with Gasteiger partial charge in [-0.05, 0) is 12.1 Å². The smallest absolute Gasteiger partial charge is 0.256 e. The van der Waals surface area contributed by atoms with Gasteiger partial charge in [-0.25, -0.2) is 4.99 Å². The van der Waals surface area contributed by atoms with Crippen molar-refractivity contribution in [3.8, 4) is 0 Å². The maximum atomic E-state index is 11.4. The Hall–Kier alpha value is -1.97. The SMILES string of the molecule is O=C1C=NC(n2ccccc2=O)=CC1. The summed E-state index contributed by atoms with van der Waals surface area (Å²) in [6.07, 6.45) is 4.82. The summed E-state index contributed by atoms with van der Waals surface area (Å²) in [7, 11) is 0. The summed E-state index contributed by atoms with van der Waals surface area (Å²) in [4.78, 5) is 26.1. The number of aliphatic imine (C=N–C) groups is 1. The largest absolute Gasteiger partial charge is 0.293 e. The molecular formula is C10H8N2O2. The molecule has 1 aromatic heterocycles. The molecular weight excluding hydrogens is 180 g/mol. The molecule has 0 saturated carbocycles. The van der Waals surface area contributed by atoms with E-state index in [4.69, 9.17) is 0 Å². The van der Waals surface area contributed by atoms with Crippen molar-refractivity contribution in [1.29, 1.82) is 0 Å². The van der Waals surface area contributed by atoms with Gasteiger partial charge in [-0.15, -0.1) is 0 Å². The van der Waals surface area contributed by atoms with Crippen LogP contribution in [0.3, 0.4) is 0 Å². The molecule has 0 spiro atoms. The van der Waals surface area contributed by atoms with Gasteiger partial charge in [-0.1, -0.05) is 6.07 Å². The van der Waals surface area contributed by atoms with Crippen LogP contribution in [0.2, 0.25) is 0 Å². The Morgan fingerprint density at radius 2 is 2.14 bits per heavy atom. The number of pyridine rings is 1. The summed E-state index contributed by atoms with van der Waals surface area (Å²) in [6.45, 7) is 0. The molecule has 14 heavy (non-hydrogen) atoms. The minimum atomic E-state index is -0.148. The zero-order valence-electron chi connectivity index (χ0n) is 7.38. The molecule has 1 aliphatic rings. The first kappa shape index (κ1) is 8.62. The zero-order chi connectivity index (χ0) is 9.97. The topological polar surface area (TPSA) is 51.4 Å². The molecule has 70 valence electrons. The molecule has 0 saturated heterocycles. The number of nitrogens with zero attached hydrogens (tertiary/aromatic N) is 2. The summed E-state index contributed by atoms with van der Waals surface area (Å²) in [5.41, 5.74) is -0.148. The predicted octanol–water partition coefficient (Wildman–Crippen LogP) is 0.690. The first-order chi connectivity index (χ1) is 6.77. The first-order valence-corrected chi connectivity index (χ1v) is 4.22. The monoisotopic (exact) mass is 188 g/mol. The average molecular weight is 188 g/mol. The van der Waals surface area contributed by atoms with Crippen LogP contribution < -0.4 is 5.56 Å². The van der Waals surface area contributed by atoms with Gasteiger partial charge in [-0.2, -0.15) is 0 Å². The minimum absolute atomic E-state index is 0.0438. The van der Waals surface area contributed by atoms with Crippen LogP contribution in [0.25, 0.3) is 5.82 Å². The lowest BCUT2D eigenvalue weighted by Crippen LogP contribution is -2.18. The molecule has 2 rings (SSSR count). The molecule has 1 aliphatic heterocycles. The molecule has 0 N–H and O–H groups in total. The van der Waals surface area contributed by atoms with Crippen molar-refractivity contribution < 1.29 is 4.79 Å². The van der Waals surface area contributed by atoms with Crippen LogP contribution in [-0.4, -0.2) is 16.6 Å². The second kappa shape index (κ2) is 3.41. The fourth-order valence-electron chi connectivity index (χ4n) is 1.21. The fraction of sp³-hybridized carbons (Fsp3) is 0.100. The van der Waals surface area contributed by atoms with Gasteiger partial charge < -0.3 is 0 Å². The van der Waals surface area contributed by atoms with E-state index in [1.165, 1.54) is 16.8 Å². The van der Waals surface area contributed by atoms with E-state index in [1.807, 2.05) is 0 Å². The molecule has 0 fully saturated rings. The van der Waals surface area contributed by atoms with Crippen LogP contribution in [0, 0.1) is 0 Å². The molecule has 0 aliphatic carbocycles. The standard InChI is InChI=1S/C10H8N2O2/c13-8-4-5-9(11-7-8)12-6-2-1-3-10(12)14/h1-3,5-7H,4H2. The van der Waals surface area contributed by atoms with E-state index in [2.05, 4.69) is 4.99 Å². The molecule has 4 heteroatoms. The van der Waals surface area contributed by atoms with E-state index in [1.54, 1.807) is 24.4 Å². The van der Waals surface area contributed by atoms with Crippen LogP contribution in [-0.2, 0) is 4.79 Å². The van der Waals surface area contributed by atoms with Crippen LogP contribution in [0.1, 0.15) is 6.42 Å². The van der Waals surface area contributed by atoms with Gasteiger partial charge in [0.1, 0.15) is 5.82 Å². The van der Waals surface area contributed by atoms with Crippen LogP contribution in [0.5, 0.6) is 0 Å². The lowest BCUT2D eigenvalue weighted by molar-refractivity contribution is -0.111. The molecule has 1 aromatic rings. The Kier molecular flexibility index (Phi) is 2.10. The van der Waals surface area contributed by atoms with Crippen molar-refractivity contribution in [2.75, 3.05) is 0 Å². The lowest BCUT2D eigenvalue weighted by Gasteiger charge is -2.07. The number of aromatic nitrogens is 1. The Labute approximate surface area is 80.2 Å². The molecule has 0 unspecified atom stereocenters. The predicted molar refractivity (Wildman–Crippen MR) is 53.1 cm³/mol. The van der Waals surface area contributed by atoms with Gasteiger partial charge in [0.25, 0.3) is 5.56 Å². The van der Waals surface area contributed by atoms with Gasteiger partial charge in [0.2, 0.25) is 0 Å². The Morgan fingerprint density at radius 1 is 1.29 bits per heavy atom. The van der Waals surface area contributed by atoms with Crippen molar-refractivity contribution in [1.82, 2.24) is 4.57 Å². The van der Waals surface area contributed by atoms with Crippen LogP contribution in [0.4, 0.5) is 0 Å². The minimum Gasteiger partial charge on any atom is -0.293 e. The quantitative estimate of drug-likeness (QED) is 0.651. The number of carbonyl (C=O) groups is 1. The fourth-order valence-corrected chi connectivity index (χ4v) is 1.21. The Balaban J connectivity index is 2.43. The molecule has 2 heterocycles. The third-order valence-electron chi connectivity index (χ3n) is 1.90. The summed E-state index contributed by atoms with van der Waals surface area (Å²) >= 11 is 0. The van der Waals surface area contributed by atoms with Gasteiger partial charge in [0.15, 0.2) is 5.78 Å². The summed E-state index contributed by atoms with van der Waals surface area (Å²) in [5.74, 6) is 0.466. The van der Waals surface area contributed by atoms with Crippen LogP contribution in [0.15, 0.2) is 40.3 Å². The van der Waals surface area contributed by atoms with Crippen molar-refractivity contribution in [2.45, 2.75) is 6.42 Å². The second-order valence-corrected chi connectivity index (χ2v) is 2.90. The molecule has 0 atom stereocenters. The highest BCUT2D eigenvalue weighted by Gasteiger charge is 2.06. The number of rotatable bonds is 1. The van der Waals surface area contributed by atoms with E-state index in [0.717, 1.165) is 0 Å². The molecule has 0 radical (unpaired) electrons. The van der Waals surface area contributed by atoms with Crippen molar-refractivity contribution >= 4 is 17.8 Å². The van der Waals surface area contributed by atoms with E-state index in [9.17, 15) is 9.59 Å². The number of hydrogen-bond acceptors (Lipinski definition) is 3. The third-order valence-corrected chi connectivity index (χ3v) is 1.90. The molecule has 0 bridgehead atoms. The van der Waals surface area contributed by atoms with E-state index < -0.39 is 0 Å². The first-order valence-electron chi connectivity index (χ1n) is 4.22. The second-order valence-electron chi connectivity index (χ2n) is 2.90. The molecule has 0 aromatic carbocycles. The number of hydrogen-bond donors (Lipinski definition) is 0. The number of Topliss-reactive ketones (excluding diaryl/α,β-unsaturated/α-hetero) is 1. The van der Waals surface area contributed by atoms with Crippen molar-refractivity contribution in [3.63, 3.8) is 0 Å². The van der Waals surface area contributed by atoms with Gasteiger partial charge >= 0.3 is 0 Å². The maximum Gasteiger partial charge on any atom is 0.256 e. The zero-order valence-corrected chi connectivity index (χ0v) is 7.38. The highest BCUT2D eigenvalue weighted by Crippen LogP contribution is 2.07. The highest BCUT2D eigenvalue weighted by molar-refractivity contribution is 6.29. The van der Waals surface area contributed by atoms with Gasteiger partial charge in [-0.3, -0.25) is 14.2 Å². The molecule has 4 nitrogen and oxygen atoms in total. The normalized spacial score (nSPS) is 15.4. The van der Waals surface area contributed by atoms with Crippen LogP contribution >= 0.6 is 0 Å². The summed E-state index contributed by atoms with van der Waals surface area (Å²) < 4.78 is 1.41. The molecule has 0 amide bonds. The number of carbonyl (C=O) groups excluding carboxylic acids is 1. The summed E-state index contributed by atoms with van der Waals surface area (Å²) in [6, 6.07) is 4.86. The van der Waals surface area contributed by atoms with Gasteiger partial charge in [0, 0.05) is 18.7 Å². The van der Waals surface area contributed by atoms with E-state index >= 15 is 0 Å². The number of ketones is 1. The van der Waals surface area contributed by atoms with Gasteiger partial charge in [0.05, 0.1) is 6.21 Å². The number of allylic oxidation sites excluding steroid dienone is 1. The maximum absolute atomic E-state index is 11.4. The van der Waals surface area contributed by atoms with E-state index in [-0.39, 0.29) is 11.3 Å².